The van der Waals surface area contributed by atoms with Crippen molar-refractivity contribution < 1.29 is 14.3 Å². The number of nitrogens with zero attached hydrogens (tertiary/aromatic N) is 1. The Morgan fingerprint density at radius 2 is 1.74 bits per heavy atom. The average molecular weight is 261 g/mol. The molecule has 0 N–H and O–H groups in total. The molecule has 19 heavy (non-hydrogen) atoms. The summed E-state index contributed by atoms with van der Waals surface area (Å²) in [6.45, 7) is 2.01. The van der Waals surface area contributed by atoms with Gasteiger partial charge in [-0.25, -0.2) is 0 Å². The van der Waals surface area contributed by atoms with Gasteiger partial charge in [0.1, 0.15) is 6.61 Å². The second kappa shape index (κ2) is 5.51. The van der Waals surface area contributed by atoms with Crippen LogP contribution >= 0.6 is 0 Å². The zero-order valence-electron chi connectivity index (χ0n) is 11.0. The van der Waals surface area contributed by atoms with E-state index >= 15 is 0 Å². The van der Waals surface area contributed by atoms with E-state index in [1.165, 1.54) is 12.8 Å². The minimum atomic E-state index is -0.493. The molecule has 0 unspecified atom stereocenters. The van der Waals surface area contributed by atoms with Gasteiger partial charge in [-0.1, -0.05) is 25.0 Å². The Morgan fingerprint density at radius 1 is 1.05 bits per heavy atom. The first-order chi connectivity index (χ1) is 9.34. The van der Waals surface area contributed by atoms with E-state index in [9.17, 15) is 4.79 Å². The molecule has 2 aliphatic rings. The van der Waals surface area contributed by atoms with Crippen molar-refractivity contribution in [1.29, 1.82) is 0 Å². The number of hydrogen-bond donors (Lipinski definition) is 0. The third-order valence-corrected chi connectivity index (χ3v) is 3.70. The van der Waals surface area contributed by atoms with Crippen LogP contribution in [-0.2, 0) is 4.79 Å². The number of carbonyl (C=O) groups excluding carboxylic acids is 1. The molecule has 0 aromatic heterocycles. The summed E-state index contributed by atoms with van der Waals surface area (Å²) in [7, 11) is 0. The van der Waals surface area contributed by atoms with Crippen molar-refractivity contribution in [3.05, 3.63) is 24.3 Å². The van der Waals surface area contributed by atoms with Gasteiger partial charge in [0.15, 0.2) is 11.5 Å². The van der Waals surface area contributed by atoms with Crippen LogP contribution in [0.5, 0.6) is 11.5 Å². The predicted octanol–water partition coefficient (Wildman–Crippen LogP) is 2.23. The lowest BCUT2D eigenvalue weighted by Gasteiger charge is -2.30. The Bertz CT molecular complexity index is 452. The van der Waals surface area contributed by atoms with Crippen LogP contribution in [0.15, 0.2) is 24.3 Å². The standard InChI is InChI=1S/C15H19NO3/c17-15(16-9-5-1-2-6-10-16)14-11-18-12-7-3-4-8-13(12)19-14/h3-4,7-8,14H,1-2,5-6,9-11H2/t14-/m1/s1. The van der Waals surface area contributed by atoms with Gasteiger partial charge in [0.2, 0.25) is 6.10 Å². The Balaban J connectivity index is 1.68. The summed E-state index contributed by atoms with van der Waals surface area (Å²) in [4.78, 5) is 14.4. The Morgan fingerprint density at radius 3 is 2.47 bits per heavy atom. The molecule has 0 aliphatic carbocycles. The molecule has 4 nitrogen and oxygen atoms in total. The molecule has 2 aliphatic heterocycles. The van der Waals surface area contributed by atoms with Crippen LogP contribution < -0.4 is 9.47 Å². The van der Waals surface area contributed by atoms with Gasteiger partial charge in [0.25, 0.3) is 5.91 Å². The fourth-order valence-electron chi connectivity index (χ4n) is 2.64. The van der Waals surface area contributed by atoms with E-state index in [1.807, 2.05) is 29.2 Å². The maximum atomic E-state index is 12.4. The quantitative estimate of drug-likeness (QED) is 0.778. The molecular formula is C15H19NO3. The highest BCUT2D eigenvalue weighted by Crippen LogP contribution is 2.31. The lowest BCUT2D eigenvalue weighted by molar-refractivity contribution is -0.141. The Kier molecular flexibility index (Phi) is 3.58. The maximum Gasteiger partial charge on any atom is 0.267 e. The van der Waals surface area contributed by atoms with Gasteiger partial charge in [-0.3, -0.25) is 4.79 Å². The molecule has 0 spiro atoms. The number of amides is 1. The summed E-state index contributed by atoms with van der Waals surface area (Å²) >= 11 is 0. The van der Waals surface area contributed by atoms with E-state index < -0.39 is 6.10 Å². The van der Waals surface area contributed by atoms with Gasteiger partial charge in [0.05, 0.1) is 0 Å². The van der Waals surface area contributed by atoms with Crippen molar-refractivity contribution in [1.82, 2.24) is 4.90 Å². The first kappa shape index (κ1) is 12.3. The molecule has 1 atom stereocenters. The first-order valence-electron chi connectivity index (χ1n) is 7.02. The van der Waals surface area contributed by atoms with Gasteiger partial charge in [0, 0.05) is 13.1 Å². The molecule has 1 saturated heterocycles. The minimum Gasteiger partial charge on any atom is -0.485 e. The van der Waals surface area contributed by atoms with E-state index in [-0.39, 0.29) is 5.91 Å². The highest BCUT2D eigenvalue weighted by Gasteiger charge is 2.31. The smallest absolute Gasteiger partial charge is 0.267 e. The molecule has 4 heteroatoms. The van der Waals surface area contributed by atoms with Crippen molar-refractivity contribution in [2.75, 3.05) is 19.7 Å². The molecule has 1 aromatic rings. The molecule has 1 amide bonds. The monoisotopic (exact) mass is 261 g/mol. The first-order valence-corrected chi connectivity index (χ1v) is 7.02. The third kappa shape index (κ3) is 2.67. The second-order valence-corrected chi connectivity index (χ2v) is 5.10. The van der Waals surface area contributed by atoms with Gasteiger partial charge in [-0.15, -0.1) is 0 Å². The summed E-state index contributed by atoms with van der Waals surface area (Å²) in [6.07, 6.45) is 4.13. The molecule has 2 heterocycles. The topological polar surface area (TPSA) is 38.8 Å². The summed E-state index contributed by atoms with van der Waals surface area (Å²) in [5.74, 6) is 1.46. The zero-order chi connectivity index (χ0) is 13.1. The number of carbonyl (C=O) groups is 1. The SMILES string of the molecule is O=C([C@H]1COc2ccccc2O1)N1CCCCCC1. The maximum absolute atomic E-state index is 12.4. The summed E-state index contributed by atoms with van der Waals surface area (Å²) in [5, 5.41) is 0. The highest BCUT2D eigenvalue weighted by molar-refractivity contribution is 5.82. The molecular weight excluding hydrogens is 242 g/mol. The van der Waals surface area contributed by atoms with Crippen LogP contribution in [0.3, 0.4) is 0 Å². The Hall–Kier alpha value is -1.71. The van der Waals surface area contributed by atoms with Crippen molar-refractivity contribution in [2.45, 2.75) is 31.8 Å². The summed E-state index contributed by atoms with van der Waals surface area (Å²) in [5.41, 5.74) is 0. The number of hydrogen-bond acceptors (Lipinski definition) is 3. The lowest BCUT2D eigenvalue weighted by Crippen LogP contribution is -2.46. The summed E-state index contributed by atoms with van der Waals surface area (Å²) in [6, 6.07) is 7.50. The average Bonchev–Trinajstić information content (AvgIpc) is 2.75. The third-order valence-electron chi connectivity index (χ3n) is 3.70. The number of rotatable bonds is 1. The van der Waals surface area contributed by atoms with Gasteiger partial charge in [-0.2, -0.15) is 0 Å². The normalized spacial score (nSPS) is 22.7. The van der Waals surface area contributed by atoms with E-state index in [1.54, 1.807) is 0 Å². The van der Waals surface area contributed by atoms with E-state index in [0.29, 0.717) is 12.4 Å². The van der Waals surface area contributed by atoms with Crippen LogP contribution in [-0.4, -0.2) is 36.6 Å². The fourth-order valence-corrected chi connectivity index (χ4v) is 2.64. The van der Waals surface area contributed by atoms with Crippen LogP contribution in [0.1, 0.15) is 25.7 Å². The predicted molar refractivity (Wildman–Crippen MR) is 71.4 cm³/mol. The summed E-state index contributed by atoms with van der Waals surface area (Å²) < 4.78 is 11.4. The van der Waals surface area contributed by atoms with Gasteiger partial charge in [-0.05, 0) is 25.0 Å². The van der Waals surface area contributed by atoms with Gasteiger partial charge >= 0.3 is 0 Å². The van der Waals surface area contributed by atoms with Crippen molar-refractivity contribution in [2.24, 2.45) is 0 Å². The van der Waals surface area contributed by atoms with Gasteiger partial charge < -0.3 is 14.4 Å². The number of benzene rings is 1. The van der Waals surface area contributed by atoms with Crippen LogP contribution in [0.2, 0.25) is 0 Å². The van der Waals surface area contributed by atoms with Crippen molar-refractivity contribution in [3.63, 3.8) is 0 Å². The van der Waals surface area contributed by atoms with Crippen LogP contribution in [0.4, 0.5) is 0 Å². The van der Waals surface area contributed by atoms with Crippen molar-refractivity contribution >= 4 is 5.91 Å². The number of para-hydroxylation sites is 2. The molecule has 3 rings (SSSR count). The Labute approximate surface area is 113 Å². The van der Waals surface area contributed by atoms with Crippen molar-refractivity contribution in [3.8, 4) is 11.5 Å². The molecule has 102 valence electrons. The fraction of sp³-hybridized carbons (Fsp3) is 0.533. The van der Waals surface area contributed by atoms with Crippen LogP contribution in [0, 0.1) is 0 Å². The second-order valence-electron chi connectivity index (χ2n) is 5.10. The van der Waals surface area contributed by atoms with E-state index in [0.717, 1.165) is 31.7 Å². The number of likely N-dealkylation sites (tertiary alicyclic amines) is 1. The molecule has 0 bridgehead atoms. The van der Waals surface area contributed by atoms with E-state index in [2.05, 4.69) is 0 Å². The number of ether oxygens (including phenoxy) is 2. The largest absolute Gasteiger partial charge is 0.485 e. The minimum absolute atomic E-state index is 0.0661. The number of fused-ring (bicyclic) bond motifs is 1. The lowest BCUT2D eigenvalue weighted by atomic mass is 10.2. The van der Waals surface area contributed by atoms with Crippen LogP contribution in [0.25, 0.3) is 0 Å². The molecule has 0 radical (unpaired) electrons. The highest BCUT2D eigenvalue weighted by atomic mass is 16.6. The molecule has 1 fully saturated rings. The van der Waals surface area contributed by atoms with E-state index in [4.69, 9.17) is 9.47 Å². The molecule has 1 aromatic carbocycles. The molecule has 0 saturated carbocycles. The zero-order valence-corrected chi connectivity index (χ0v) is 11.0.